The van der Waals surface area contributed by atoms with Gasteiger partial charge in [-0.25, -0.2) is 0 Å². The molecule has 0 aromatic carbocycles. The molecule has 6 nitrogen and oxygen atoms in total. The number of hydrogen-bond acceptors (Lipinski definition) is 4. The summed E-state index contributed by atoms with van der Waals surface area (Å²) in [5.41, 5.74) is 2.16. The molecule has 0 saturated heterocycles. The molecule has 25 heavy (non-hydrogen) atoms. The van der Waals surface area contributed by atoms with Crippen LogP contribution < -0.4 is 15.6 Å². The van der Waals surface area contributed by atoms with Gasteiger partial charge >= 0.3 is 0 Å². The zero-order valence-corrected chi connectivity index (χ0v) is 13.7. The maximum atomic E-state index is 12.7. The van der Waals surface area contributed by atoms with E-state index in [4.69, 9.17) is 4.74 Å². The van der Waals surface area contributed by atoms with E-state index < -0.39 is 11.5 Å². The SMILES string of the molecule is Cc1ccc(C(=O)NC2C3=C(CCC=C3)Oc3cnccc32)c(=O)[nH]1. The fourth-order valence-electron chi connectivity index (χ4n) is 3.16. The Morgan fingerprint density at radius 2 is 2.24 bits per heavy atom. The first-order valence-electron chi connectivity index (χ1n) is 8.15. The first kappa shape index (κ1) is 15.4. The second-order valence-corrected chi connectivity index (χ2v) is 6.13. The predicted octanol–water partition coefficient (Wildman–Crippen LogP) is 2.55. The summed E-state index contributed by atoms with van der Waals surface area (Å²) in [6.45, 7) is 1.77. The molecule has 1 amide bonds. The molecule has 1 unspecified atom stereocenters. The first-order chi connectivity index (χ1) is 12.1. The third-order valence-corrected chi connectivity index (χ3v) is 4.40. The summed E-state index contributed by atoms with van der Waals surface area (Å²) in [6, 6.07) is 4.71. The van der Waals surface area contributed by atoms with Gasteiger partial charge in [0.2, 0.25) is 0 Å². The minimum Gasteiger partial charge on any atom is -0.459 e. The number of allylic oxidation sites excluding steroid dienone is 2. The highest BCUT2D eigenvalue weighted by atomic mass is 16.5. The second-order valence-electron chi connectivity index (χ2n) is 6.13. The Morgan fingerprint density at radius 3 is 3.08 bits per heavy atom. The van der Waals surface area contributed by atoms with Gasteiger partial charge < -0.3 is 15.0 Å². The van der Waals surface area contributed by atoms with E-state index in [0.717, 1.165) is 29.7 Å². The molecule has 2 aromatic heterocycles. The third-order valence-electron chi connectivity index (χ3n) is 4.40. The largest absolute Gasteiger partial charge is 0.459 e. The van der Waals surface area contributed by atoms with E-state index in [9.17, 15) is 9.59 Å². The van der Waals surface area contributed by atoms with Crippen LogP contribution in [0.25, 0.3) is 0 Å². The minimum absolute atomic E-state index is 0.0923. The lowest BCUT2D eigenvalue weighted by Gasteiger charge is -2.31. The molecule has 6 heteroatoms. The van der Waals surface area contributed by atoms with Crippen molar-refractivity contribution in [2.24, 2.45) is 0 Å². The number of amides is 1. The number of nitrogens with one attached hydrogen (secondary N) is 2. The highest BCUT2D eigenvalue weighted by Gasteiger charge is 2.31. The molecule has 2 aromatic rings. The van der Waals surface area contributed by atoms with Gasteiger partial charge in [0.1, 0.15) is 11.3 Å². The molecule has 0 spiro atoms. The number of hydrogen-bond donors (Lipinski definition) is 2. The van der Waals surface area contributed by atoms with E-state index in [2.05, 4.69) is 21.4 Å². The second kappa shape index (κ2) is 6.05. The zero-order valence-electron chi connectivity index (χ0n) is 13.7. The number of carbonyl (C=O) groups is 1. The van der Waals surface area contributed by atoms with E-state index in [1.54, 1.807) is 31.5 Å². The summed E-state index contributed by atoms with van der Waals surface area (Å²) in [6.07, 6.45) is 9.02. The first-order valence-corrected chi connectivity index (χ1v) is 8.15. The molecule has 126 valence electrons. The number of fused-ring (bicyclic) bond motifs is 1. The summed E-state index contributed by atoms with van der Waals surface area (Å²) < 4.78 is 5.94. The number of carbonyl (C=O) groups excluding carboxylic acids is 1. The van der Waals surface area contributed by atoms with Crippen LogP contribution in [0, 0.1) is 6.92 Å². The lowest BCUT2D eigenvalue weighted by molar-refractivity contribution is 0.0939. The number of pyridine rings is 2. The zero-order chi connectivity index (χ0) is 17.4. The van der Waals surface area contributed by atoms with Crippen molar-refractivity contribution in [1.29, 1.82) is 0 Å². The van der Waals surface area contributed by atoms with Crippen molar-refractivity contribution < 1.29 is 9.53 Å². The molecule has 1 aliphatic carbocycles. The van der Waals surface area contributed by atoms with Crippen LogP contribution in [0.15, 0.2) is 58.9 Å². The quantitative estimate of drug-likeness (QED) is 0.883. The van der Waals surface area contributed by atoms with Crippen LogP contribution in [0.2, 0.25) is 0 Å². The van der Waals surface area contributed by atoms with Crippen LogP contribution in [0.4, 0.5) is 0 Å². The van der Waals surface area contributed by atoms with Gasteiger partial charge in [0.25, 0.3) is 11.5 Å². The van der Waals surface area contributed by atoms with Gasteiger partial charge in [0, 0.05) is 29.4 Å². The van der Waals surface area contributed by atoms with E-state index in [-0.39, 0.29) is 11.6 Å². The van der Waals surface area contributed by atoms with Crippen molar-refractivity contribution in [3.63, 3.8) is 0 Å². The molecule has 0 bridgehead atoms. The molecule has 1 aliphatic heterocycles. The van der Waals surface area contributed by atoms with Crippen molar-refractivity contribution in [1.82, 2.24) is 15.3 Å². The molecule has 2 N–H and O–H groups in total. The van der Waals surface area contributed by atoms with Crippen LogP contribution in [-0.2, 0) is 0 Å². The maximum absolute atomic E-state index is 12.7. The molecule has 4 rings (SSSR count). The Morgan fingerprint density at radius 1 is 1.36 bits per heavy atom. The molecular formula is C19H17N3O3. The fraction of sp³-hybridized carbons (Fsp3) is 0.211. The summed E-state index contributed by atoms with van der Waals surface area (Å²) in [4.78, 5) is 31.5. The Kier molecular flexibility index (Phi) is 3.72. The lowest BCUT2D eigenvalue weighted by Crippen LogP contribution is -2.35. The number of ether oxygens (including phenoxy) is 1. The van der Waals surface area contributed by atoms with Crippen LogP contribution in [0.5, 0.6) is 5.75 Å². The Balaban J connectivity index is 1.72. The number of nitrogens with zero attached hydrogens (tertiary/aromatic N) is 1. The third kappa shape index (κ3) is 2.76. The van der Waals surface area contributed by atoms with Crippen molar-refractivity contribution >= 4 is 5.91 Å². The van der Waals surface area contributed by atoms with Gasteiger partial charge in [-0.15, -0.1) is 0 Å². The highest BCUT2D eigenvalue weighted by Crippen LogP contribution is 2.40. The molecule has 2 aliphatic rings. The monoisotopic (exact) mass is 335 g/mol. The summed E-state index contributed by atoms with van der Waals surface area (Å²) in [7, 11) is 0. The number of aryl methyl sites for hydroxylation is 1. The van der Waals surface area contributed by atoms with Crippen molar-refractivity contribution in [2.45, 2.75) is 25.8 Å². The van der Waals surface area contributed by atoms with E-state index in [1.807, 2.05) is 12.1 Å². The predicted molar refractivity (Wildman–Crippen MR) is 92.3 cm³/mol. The number of aromatic amines is 1. The normalized spacial score (nSPS) is 18.2. The molecule has 1 atom stereocenters. The average Bonchev–Trinajstić information content (AvgIpc) is 2.61. The summed E-state index contributed by atoms with van der Waals surface area (Å²) in [5.74, 6) is 1.06. The van der Waals surface area contributed by atoms with Gasteiger partial charge in [-0.3, -0.25) is 14.6 Å². The number of rotatable bonds is 2. The van der Waals surface area contributed by atoms with Gasteiger partial charge in [0.05, 0.1) is 12.2 Å². The molecule has 0 fully saturated rings. The Hall–Kier alpha value is -3.15. The van der Waals surface area contributed by atoms with Gasteiger partial charge in [-0.1, -0.05) is 12.2 Å². The lowest BCUT2D eigenvalue weighted by atomic mass is 9.90. The van der Waals surface area contributed by atoms with E-state index >= 15 is 0 Å². The molecule has 0 saturated carbocycles. The van der Waals surface area contributed by atoms with E-state index in [0.29, 0.717) is 11.4 Å². The average molecular weight is 335 g/mol. The van der Waals surface area contributed by atoms with Crippen LogP contribution in [0.3, 0.4) is 0 Å². The van der Waals surface area contributed by atoms with Crippen LogP contribution in [0.1, 0.15) is 40.5 Å². The number of H-pyrrole nitrogens is 1. The number of aromatic nitrogens is 2. The molecule has 0 radical (unpaired) electrons. The Labute approximate surface area is 144 Å². The standard InChI is InChI=1S/C19H17N3O3/c1-11-6-7-14(18(23)21-11)19(24)22-17-12-4-2-3-5-15(12)25-16-10-20-9-8-13(16)17/h2,4,6-10,17H,3,5H2,1H3,(H,21,23)(H,22,24). The van der Waals surface area contributed by atoms with Crippen molar-refractivity contribution in [3.05, 3.63) is 81.3 Å². The fourth-order valence-corrected chi connectivity index (χ4v) is 3.16. The minimum atomic E-state index is -0.415. The molecule has 3 heterocycles. The van der Waals surface area contributed by atoms with Crippen molar-refractivity contribution in [3.8, 4) is 5.75 Å². The van der Waals surface area contributed by atoms with Crippen molar-refractivity contribution in [2.75, 3.05) is 0 Å². The Bertz CT molecular complexity index is 972. The molecular weight excluding hydrogens is 318 g/mol. The summed E-state index contributed by atoms with van der Waals surface area (Å²) in [5, 5.41) is 2.98. The van der Waals surface area contributed by atoms with Crippen LogP contribution >= 0.6 is 0 Å². The smallest absolute Gasteiger partial charge is 0.260 e. The van der Waals surface area contributed by atoms with Gasteiger partial charge in [-0.2, -0.15) is 0 Å². The highest BCUT2D eigenvalue weighted by molar-refractivity contribution is 5.94. The van der Waals surface area contributed by atoms with Gasteiger partial charge in [0.15, 0.2) is 5.75 Å². The van der Waals surface area contributed by atoms with Crippen LogP contribution in [-0.4, -0.2) is 15.9 Å². The topological polar surface area (TPSA) is 84.1 Å². The van der Waals surface area contributed by atoms with Gasteiger partial charge in [-0.05, 0) is 31.5 Å². The maximum Gasteiger partial charge on any atom is 0.260 e. The summed E-state index contributed by atoms with van der Waals surface area (Å²) >= 11 is 0. The van der Waals surface area contributed by atoms with E-state index in [1.165, 1.54) is 0 Å².